The molecule has 0 radical (unpaired) electrons. The van der Waals surface area contributed by atoms with Gasteiger partial charge in [-0.2, -0.15) is 0 Å². The number of nitrogens with zero attached hydrogens (tertiary/aromatic N) is 4. The summed E-state index contributed by atoms with van der Waals surface area (Å²) in [6.07, 6.45) is 5.74. The Labute approximate surface area is 166 Å². The number of rotatable bonds is 4. The SMILES string of the molecule is O[n+]1ccccc1C(c1cccc[n+]1O)(c1cccc[n+]1O)c1cccc[n+]1O. The summed E-state index contributed by atoms with van der Waals surface area (Å²) in [5.41, 5.74) is -0.416. The monoisotopic (exact) mass is 392 g/mol. The van der Waals surface area contributed by atoms with E-state index in [-0.39, 0.29) is 22.8 Å². The number of pyridine rings is 4. The Morgan fingerprint density at radius 3 is 0.862 bits per heavy atom. The average Bonchev–Trinajstić information content (AvgIpc) is 2.73. The second kappa shape index (κ2) is 7.08. The van der Waals surface area contributed by atoms with Crippen LogP contribution in [0.3, 0.4) is 0 Å². The lowest BCUT2D eigenvalue weighted by atomic mass is 9.73. The van der Waals surface area contributed by atoms with E-state index < -0.39 is 5.41 Å². The van der Waals surface area contributed by atoms with E-state index in [0.717, 1.165) is 18.9 Å². The van der Waals surface area contributed by atoms with Crippen LogP contribution >= 0.6 is 0 Å². The van der Waals surface area contributed by atoms with Crippen LogP contribution in [0.1, 0.15) is 22.8 Å². The molecular formula is C21H20N4O4+4. The summed E-state index contributed by atoms with van der Waals surface area (Å²) < 4.78 is 3.58. The average molecular weight is 392 g/mol. The molecule has 0 unspecified atom stereocenters. The zero-order valence-electron chi connectivity index (χ0n) is 15.3. The molecule has 4 rings (SSSR count). The highest BCUT2D eigenvalue weighted by Crippen LogP contribution is 2.38. The van der Waals surface area contributed by atoms with Gasteiger partial charge in [0, 0.05) is 67.5 Å². The molecule has 0 saturated heterocycles. The highest BCUT2D eigenvalue weighted by atomic mass is 16.5. The van der Waals surface area contributed by atoms with Crippen LogP contribution < -0.4 is 18.9 Å². The van der Waals surface area contributed by atoms with Crippen LogP contribution in [0.4, 0.5) is 0 Å². The lowest BCUT2D eigenvalue weighted by Gasteiger charge is -2.20. The molecule has 0 aliphatic rings. The smallest absolute Gasteiger partial charge is 0.285 e. The molecule has 8 heteroatoms. The van der Waals surface area contributed by atoms with Gasteiger partial charge in [-0.15, -0.1) is 0 Å². The van der Waals surface area contributed by atoms with Crippen molar-refractivity contribution >= 4 is 0 Å². The molecule has 29 heavy (non-hydrogen) atoms. The van der Waals surface area contributed by atoms with Crippen molar-refractivity contribution in [3.63, 3.8) is 0 Å². The van der Waals surface area contributed by atoms with Crippen LogP contribution in [0.25, 0.3) is 0 Å². The van der Waals surface area contributed by atoms with Crippen molar-refractivity contribution in [2.75, 3.05) is 0 Å². The van der Waals surface area contributed by atoms with Gasteiger partial charge < -0.3 is 0 Å². The van der Waals surface area contributed by atoms with E-state index >= 15 is 0 Å². The lowest BCUT2D eigenvalue weighted by Crippen LogP contribution is -2.60. The minimum atomic E-state index is -1.52. The van der Waals surface area contributed by atoms with Crippen LogP contribution in [0, 0.1) is 0 Å². The summed E-state index contributed by atoms with van der Waals surface area (Å²) in [5.74, 6) is 0. The Hall–Kier alpha value is -4.20. The summed E-state index contributed by atoms with van der Waals surface area (Å²) in [6, 6.07) is 20.0. The number of aromatic nitrogens is 4. The first-order valence-corrected chi connectivity index (χ1v) is 8.88. The summed E-state index contributed by atoms with van der Waals surface area (Å²) in [4.78, 5) is 0. The molecule has 4 N–H and O–H groups in total. The standard InChI is InChI=1S/C21H20N4O4/c26-22-13-5-1-9-17(22)21(18-10-2-6-14-23(18)27,19-11-3-7-15-24(19)28)20-12-4-8-16-25(20)29/h1-16,26-29H/q+4. The van der Waals surface area contributed by atoms with E-state index in [0.29, 0.717) is 0 Å². The first kappa shape index (κ1) is 18.2. The fraction of sp³-hybridized carbons (Fsp3) is 0.0476. The second-order valence-corrected chi connectivity index (χ2v) is 6.47. The molecular weight excluding hydrogens is 372 g/mol. The van der Waals surface area contributed by atoms with Crippen LogP contribution in [0.2, 0.25) is 0 Å². The van der Waals surface area contributed by atoms with E-state index in [1.54, 1.807) is 72.8 Å². The van der Waals surface area contributed by atoms with Crippen molar-refractivity contribution in [1.82, 2.24) is 0 Å². The minimum absolute atomic E-state index is 0.275. The van der Waals surface area contributed by atoms with E-state index in [9.17, 15) is 20.8 Å². The molecule has 0 spiro atoms. The second-order valence-electron chi connectivity index (χ2n) is 6.47. The quantitative estimate of drug-likeness (QED) is 0.294. The van der Waals surface area contributed by atoms with Crippen LogP contribution in [-0.4, -0.2) is 20.8 Å². The Kier molecular flexibility index (Phi) is 4.44. The maximum absolute atomic E-state index is 10.7. The predicted octanol–water partition coefficient (Wildman–Crippen LogP) is 0.169. The largest absolute Gasteiger partial charge is 0.323 e. The zero-order chi connectivity index (χ0) is 20.4. The third-order valence-corrected chi connectivity index (χ3v) is 4.89. The third-order valence-electron chi connectivity index (χ3n) is 4.89. The van der Waals surface area contributed by atoms with Gasteiger partial charge in [-0.3, -0.25) is 20.8 Å². The van der Waals surface area contributed by atoms with E-state index in [1.165, 1.54) is 24.8 Å². The summed E-state index contributed by atoms with van der Waals surface area (Å²) >= 11 is 0. The molecule has 4 aromatic rings. The molecule has 0 fully saturated rings. The van der Waals surface area contributed by atoms with Crippen LogP contribution in [-0.2, 0) is 5.41 Å². The fourth-order valence-corrected chi connectivity index (χ4v) is 3.71. The van der Waals surface area contributed by atoms with E-state index in [4.69, 9.17) is 0 Å². The fourth-order valence-electron chi connectivity index (χ4n) is 3.71. The molecule has 8 nitrogen and oxygen atoms in total. The Morgan fingerprint density at radius 2 is 0.655 bits per heavy atom. The van der Waals surface area contributed by atoms with Gasteiger partial charge in [0.05, 0.1) is 0 Å². The first-order chi connectivity index (χ1) is 14.1. The van der Waals surface area contributed by atoms with Gasteiger partial charge in [-0.05, 0) is 24.3 Å². The van der Waals surface area contributed by atoms with Gasteiger partial charge in [0.25, 0.3) is 22.8 Å². The van der Waals surface area contributed by atoms with Gasteiger partial charge in [-0.25, -0.2) is 0 Å². The molecule has 0 aliphatic heterocycles. The molecule has 0 aliphatic carbocycles. The maximum atomic E-state index is 10.7. The van der Waals surface area contributed by atoms with E-state index in [2.05, 4.69) is 0 Å². The summed E-state index contributed by atoms with van der Waals surface area (Å²) in [5, 5.41) is 43.0. The van der Waals surface area contributed by atoms with Gasteiger partial charge in [-0.1, -0.05) is 0 Å². The predicted molar refractivity (Wildman–Crippen MR) is 94.3 cm³/mol. The highest BCUT2D eigenvalue weighted by molar-refractivity contribution is 5.45. The van der Waals surface area contributed by atoms with Gasteiger partial charge in [0.2, 0.25) is 24.8 Å². The molecule has 4 aromatic heterocycles. The topological polar surface area (TPSA) is 96.4 Å². The number of hydrogen-bond donors (Lipinski definition) is 4. The molecule has 0 aromatic carbocycles. The Morgan fingerprint density at radius 1 is 0.414 bits per heavy atom. The third kappa shape index (κ3) is 2.78. The van der Waals surface area contributed by atoms with E-state index in [1.807, 2.05) is 0 Å². The number of hydrogen-bond acceptors (Lipinski definition) is 4. The van der Waals surface area contributed by atoms with Crippen molar-refractivity contribution in [2.45, 2.75) is 5.41 Å². The lowest BCUT2D eigenvalue weighted by molar-refractivity contribution is -0.940. The maximum Gasteiger partial charge on any atom is 0.323 e. The Balaban J connectivity index is 2.28. The molecule has 0 atom stereocenters. The molecule has 0 saturated carbocycles. The van der Waals surface area contributed by atoms with Crippen LogP contribution in [0.5, 0.6) is 0 Å². The van der Waals surface area contributed by atoms with Crippen molar-refractivity contribution in [1.29, 1.82) is 0 Å². The van der Waals surface area contributed by atoms with Crippen molar-refractivity contribution in [2.24, 2.45) is 0 Å². The van der Waals surface area contributed by atoms with Crippen LogP contribution in [0.15, 0.2) is 97.6 Å². The van der Waals surface area contributed by atoms with Gasteiger partial charge in [0.1, 0.15) is 0 Å². The first-order valence-electron chi connectivity index (χ1n) is 8.88. The van der Waals surface area contributed by atoms with Crippen molar-refractivity contribution in [3.05, 3.63) is 120 Å². The molecule has 0 bridgehead atoms. The van der Waals surface area contributed by atoms with Gasteiger partial charge in [0.15, 0.2) is 0 Å². The normalized spacial score (nSPS) is 11.3. The summed E-state index contributed by atoms with van der Waals surface area (Å²) in [7, 11) is 0. The zero-order valence-corrected chi connectivity index (χ0v) is 15.3. The highest BCUT2D eigenvalue weighted by Gasteiger charge is 2.65. The Bertz CT molecular complexity index is 995. The van der Waals surface area contributed by atoms with Crippen molar-refractivity contribution < 1.29 is 39.8 Å². The minimum Gasteiger partial charge on any atom is -0.285 e. The summed E-state index contributed by atoms with van der Waals surface area (Å²) in [6.45, 7) is 0. The molecule has 0 amide bonds. The van der Waals surface area contributed by atoms with Gasteiger partial charge >= 0.3 is 5.41 Å². The molecule has 4 heterocycles. The molecule has 144 valence electrons. The van der Waals surface area contributed by atoms with Crippen molar-refractivity contribution in [3.8, 4) is 0 Å².